The van der Waals surface area contributed by atoms with E-state index in [2.05, 4.69) is 5.32 Å². The highest BCUT2D eigenvalue weighted by atomic mass is 16.5. The van der Waals surface area contributed by atoms with Crippen LogP contribution < -0.4 is 10.1 Å². The minimum Gasteiger partial charge on any atom is -0.508 e. The molecule has 1 aromatic rings. The van der Waals surface area contributed by atoms with Gasteiger partial charge in [0.1, 0.15) is 17.6 Å². The summed E-state index contributed by atoms with van der Waals surface area (Å²) in [6.45, 7) is 2.70. The van der Waals surface area contributed by atoms with Crippen molar-refractivity contribution in [2.24, 2.45) is 0 Å². The van der Waals surface area contributed by atoms with E-state index in [-0.39, 0.29) is 6.10 Å². The maximum absolute atomic E-state index is 9.70. The van der Waals surface area contributed by atoms with Gasteiger partial charge in [-0.05, 0) is 26.1 Å². The zero-order chi connectivity index (χ0) is 10.1. The van der Waals surface area contributed by atoms with Crippen LogP contribution in [-0.4, -0.2) is 18.3 Å². The van der Waals surface area contributed by atoms with Gasteiger partial charge in [-0.2, -0.15) is 0 Å². The Balaban J connectivity index is 2.35. The SMILES string of the molecule is CNCc1cc2c(cc1O)CC(C)O2. The quantitative estimate of drug-likeness (QED) is 0.746. The highest BCUT2D eigenvalue weighted by Crippen LogP contribution is 2.34. The standard InChI is InChI=1S/C11H15NO2/c1-7-3-8-4-10(13)9(6-12-2)5-11(8)14-7/h4-5,7,12-13H,3,6H2,1-2H3. The van der Waals surface area contributed by atoms with Crippen LogP contribution in [-0.2, 0) is 13.0 Å². The molecule has 1 unspecified atom stereocenters. The molecule has 0 fully saturated rings. The maximum atomic E-state index is 9.70. The van der Waals surface area contributed by atoms with Crippen molar-refractivity contribution < 1.29 is 9.84 Å². The molecule has 1 heterocycles. The molecule has 1 aliphatic heterocycles. The Labute approximate surface area is 83.7 Å². The smallest absolute Gasteiger partial charge is 0.123 e. The summed E-state index contributed by atoms with van der Waals surface area (Å²) in [6, 6.07) is 3.73. The van der Waals surface area contributed by atoms with Gasteiger partial charge in [-0.1, -0.05) is 0 Å². The van der Waals surface area contributed by atoms with E-state index < -0.39 is 0 Å². The van der Waals surface area contributed by atoms with E-state index in [1.807, 2.05) is 26.1 Å². The second kappa shape index (κ2) is 3.50. The van der Waals surface area contributed by atoms with Crippen LogP contribution in [0.25, 0.3) is 0 Å². The van der Waals surface area contributed by atoms with Crippen LogP contribution in [0.1, 0.15) is 18.1 Å². The first-order valence-electron chi connectivity index (χ1n) is 4.86. The third-order valence-electron chi connectivity index (χ3n) is 2.46. The first-order chi connectivity index (χ1) is 6.70. The lowest BCUT2D eigenvalue weighted by Gasteiger charge is -2.07. The summed E-state index contributed by atoms with van der Waals surface area (Å²) in [6.07, 6.45) is 1.12. The number of hydrogen-bond acceptors (Lipinski definition) is 3. The summed E-state index contributed by atoms with van der Waals surface area (Å²) in [5, 5.41) is 12.7. The lowest BCUT2D eigenvalue weighted by molar-refractivity contribution is 0.254. The molecule has 1 aromatic carbocycles. The van der Waals surface area contributed by atoms with E-state index in [0.29, 0.717) is 12.3 Å². The molecule has 0 radical (unpaired) electrons. The van der Waals surface area contributed by atoms with E-state index >= 15 is 0 Å². The summed E-state index contributed by atoms with van der Waals surface area (Å²) in [7, 11) is 1.86. The fraction of sp³-hybridized carbons (Fsp3) is 0.455. The van der Waals surface area contributed by atoms with Gasteiger partial charge in [0.2, 0.25) is 0 Å². The zero-order valence-corrected chi connectivity index (χ0v) is 8.50. The van der Waals surface area contributed by atoms with Crippen molar-refractivity contribution in [3.8, 4) is 11.5 Å². The Kier molecular flexibility index (Phi) is 2.33. The van der Waals surface area contributed by atoms with Crippen molar-refractivity contribution >= 4 is 0 Å². The molecule has 0 saturated heterocycles. The molecule has 1 aliphatic rings. The lowest BCUT2D eigenvalue weighted by Crippen LogP contribution is -2.06. The largest absolute Gasteiger partial charge is 0.508 e. The second-order valence-electron chi connectivity index (χ2n) is 3.75. The van der Waals surface area contributed by atoms with Gasteiger partial charge in [-0.25, -0.2) is 0 Å². The van der Waals surface area contributed by atoms with Crippen LogP contribution in [0, 0.1) is 0 Å². The van der Waals surface area contributed by atoms with E-state index in [1.54, 1.807) is 0 Å². The number of aromatic hydroxyl groups is 1. The molecule has 0 amide bonds. The van der Waals surface area contributed by atoms with E-state index in [4.69, 9.17) is 4.74 Å². The average Bonchev–Trinajstić information content (AvgIpc) is 2.45. The maximum Gasteiger partial charge on any atom is 0.123 e. The van der Waals surface area contributed by atoms with Crippen molar-refractivity contribution in [3.05, 3.63) is 23.3 Å². The Hall–Kier alpha value is -1.22. The van der Waals surface area contributed by atoms with Gasteiger partial charge in [0.05, 0.1) is 0 Å². The number of phenols is 1. The van der Waals surface area contributed by atoms with Gasteiger partial charge < -0.3 is 15.2 Å². The summed E-state index contributed by atoms with van der Waals surface area (Å²) in [5.74, 6) is 1.27. The van der Waals surface area contributed by atoms with Crippen LogP contribution in [0.2, 0.25) is 0 Å². The van der Waals surface area contributed by atoms with Crippen LogP contribution in [0.15, 0.2) is 12.1 Å². The highest BCUT2D eigenvalue weighted by molar-refractivity contribution is 5.47. The molecule has 2 rings (SSSR count). The fourth-order valence-electron chi connectivity index (χ4n) is 1.82. The number of rotatable bonds is 2. The minimum atomic E-state index is 0.231. The molecule has 0 aliphatic carbocycles. The normalized spacial score (nSPS) is 19.1. The molecule has 0 bridgehead atoms. The van der Waals surface area contributed by atoms with Crippen molar-refractivity contribution in [1.29, 1.82) is 0 Å². The summed E-state index contributed by atoms with van der Waals surface area (Å²) < 4.78 is 5.61. The number of phenolic OH excluding ortho intramolecular Hbond substituents is 1. The van der Waals surface area contributed by atoms with Gasteiger partial charge in [0.15, 0.2) is 0 Å². The Morgan fingerprint density at radius 2 is 2.36 bits per heavy atom. The molecule has 0 saturated carbocycles. The Morgan fingerprint density at radius 1 is 1.57 bits per heavy atom. The summed E-state index contributed by atoms with van der Waals surface area (Å²) >= 11 is 0. The highest BCUT2D eigenvalue weighted by Gasteiger charge is 2.20. The second-order valence-corrected chi connectivity index (χ2v) is 3.75. The average molecular weight is 193 g/mol. The van der Waals surface area contributed by atoms with Gasteiger partial charge in [-0.3, -0.25) is 0 Å². The van der Waals surface area contributed by atoms with Gasteiger partial charge in [-0.15, -0.1) is 0 Å². The number of hydrogen-bond donors (Lipinski definition) is 2. The molecule has 3 heteroatoms. The molecule has 0 aromatic heterocycles. The van der Waals surface area contributed by atoms with Gasteiger partial charge >= 0.3 is 0 Å². The van der Waals surface area contributed by atoms with Crippen LogP contribution >= 0.6 is 0 Å². The summed E-state index contributed by atoms with van der Waals surface area (Å²) in [4.78, 5) is 0. The third kappa shape index (κ3) is 1.55. The monoisotopic (exact) mass is 193 g/mol. The van der Waals surface area contributed by atoms with E-state index in [1.165, 1.54) is 0 Å². The van der Waals surface area contributed by atoms with Crippen molar-refractivity contribution in [2.75, 3.05) is 7.05 Å². The minimum absolute atomic E-state index is 0.231. The number of nitrogens with one attached hydrogen (secondary N) is 1. The molecular formula is C11H15NO2. The third-order valence-corrected chi connectivity index (χ3v) is 2.46. The predicted octanol–water partition coefficient (Wildman–Crippen LogP) is 1.44. The van der Waals surface area contributed by atoms with Crippen LogP contribution in [0.3, 0.4) is 0 Å². The van der Waals surface area contributed by atoms with Crippen molar-refractivity contribution in [2.45, 2.75) is 26.0 Å². The topological polar surface area (TPSA) is 41.5 Å². The first kappa shape index (κ1) is 9.34. The molecular weight excluding hydrogens is 178 g/mol. The van der Waals surface area contributed by atoms with Gasteiger partial charge in [0, 0.05) is 24.1 Å². The Bertz CT molecular complexity index is 349. The van der Waals surface area contributed by atoms with E-state index in [0.717, 1.165) is 23.3 Å². The molecule has 3 nitrogen and oxygen atoms in total. The molecule has 0 spiro atoms. The predicted molar refractivity (Wildman–Crippen MR) is 54.7 cm³/mol. The number of benzene rings is 1. The number of fused-ring (bicyclic) bond motifs is 1. The lowest BCUT2D eigenvalue weighted by atomic mass is 10.1. The zero-order valence-electron chi connectivity index (χ0n) is 8.50. The van der Waals surface area contributed by atoms with E-state index in [9.17, 15) is 5.11 Å². The van der Waals surface area contributed by atoms with Crippen molar-refractivity contribution in [1.82, 2.24) is 5.32 Å². The molecule has 1 atom stereocenters. The number of ether oxygens (including phenoxy) is 1. The van der Waals surface area contributed by atoms with Gasteiger partial charge in [0.25, 0.3) is 0 Å². The fourth-order valence-corrected chi connectivity index (χ4v) is 1.82. The Morgan fingerprint density at radius 3 is 3.07 bits per heavy atom. The molecule has 76 valence electrons. The summed E-state index contributed by atoms with van der Waals surface area (Å²) in [5.41, 5.74) is 2.00. The molecule has 2 N–H and O–H groups in total. The van der Waals surface area contributed by atoms with Crippen LogP contribution in [0.5, 0.6) is 11.5 Å². The molecule has 14 heavy (non-hydrogen) atoms. The van der Waals surface area contributed by atoms with Crippen LogP contribution in [0.4, 0.5) is 0 Å². The van der Waals surface area contributed by atoms with Crippen molar-refractivity contribution in [3.63, 3.8) is 0 Å². The first-order valence-corrected chi connectivity index (χ1v) is 4.86.